The molecular weight excluding hydrogens is 261 g/mol. The number of amides is 1. The molecular formula is C11H17F3N4O. The third-order valence-corrected chi connectivity index (χ3v) is 2.83. The van der Waals surface area contributed by atoms with Crippen LogP contribution in [0, 0.1) is 13.8 Å². The molecule has 0 spiro atoms. The average Bonchev–Trinajstić information content (AvgIpc) is 2.52. The van der Waals surface area contributed by atoms with Crippen molar-refractivity contribution in [3.63, 3.8) is 0 Å². The lowest BCUT2D eigenvalue weighted by atomic mass is 10.3. The molecule has 0 radical (unpaired) electrons. The first-order valence-corrected chi connectivity index (χ1v) is 5.79. The number of carbonyl (C=O) groups excluding carboxylic acids is 1. The van der Waals surface area contributed by atoms with Crippen LogP contribution in [0.4, 0.5) is 18.9 Å². The van der Waals surface area contributed by atoms with Crippen molar-refractivity contribution in [3.8, 4) is 0 Å². The smallest absolute Gasteiger partial charge is 0.396 e. The largest absolute Gasteiger partial charge is 0.406 e. The molecule has 1 rings (SSSR count). The molecule has 0 saturated carbocycles. The van der Waals surface area contributed by atoms with Gasteiger partial charge in [-0.25, -0.2) is 0 Å². The van der Waals surface area contributed by atoms with E-state index in [0.29, 0.717) is 17.1 Å². The molecule has 1 aromatic rings. The van der Waals surface area contributed by atoms with Crippen molar-refractivity contribution in [2.75, 3.05) is 18.8 Å². The molecule has 108 valence electrons. The van der Waals surface area contributed by atoms with Gasteiger partial charge in [-0.3, -0.25) is 9.48 Å². The van der Waals surface area contributed by atoms with Gasteiger partial charge in [0.1, 0.15) is 13.1 Å². The summed E-state index contributed by atoms with van der Waals surface area (Å²) < 4.78 is 38.2. The van der Waals surface area contributed by atoms with Crippen LogP contribution in [-0.4, -0.2) is 39.9 Å². The Balaban J connectivity index is 2.80. The van der Waals surface area contributed by atoms with Crippen molar-refractivity contribution in [1.82, 2.24) is 14.7 Å². The molecule has 1 heterocycles. The van der Waals surface area contributed by atoms with Gasteiger partial charge in [-0.05, 0) is 20.8 Å². The van der Waals surface area contributed by atoms with Crippen molar-refractivity contribution < 1.29 is 18.0 Å². The Morgan fingerprint density at radius 1 is 1.42 bits per heavy atom. The maximum absolute atomic E-state index is 12.3. The van der Waals surface area contributed by atoms with Gasteiger partial charge in [0.15, 0.2) is 0 Å². The number of nitrogens with zero attached hydrogens (tertiary/aromatic N) is 3. The number of rotatable bonds is 4. The summed E-state index contributed by atoms with van der Waals surface area (Å²) in [5.41, 5.74) is 7.29. The summed E-state index contributed by atoms with van der Waals surface area (Å²) >= 11 is 0. The number of nitrogen functional groups attached to an aromatic ring is 1. The highest BCUT2D eigenvalue weighted by molar-refractivity contribution is 5.76. The Bertz CT molecular complexity index is 467. The number of hydrogen-bond donors (Lipinski definition) is 1. The zero-order valence-electron chi connectivity index (χ0n) is 11.1. The van der Waals surface area contributed by atoms with E-state index in [1.54, 1.807) is 13.8 Å². The number of aryl methyl sites for hydroxylation is 1. The SMILES string of the molecule is CCN(CC(F)(F)F)C(=O)Cn1nc(C)c(N)c1C. The summed E-state index contributed by atoms with van der Waals surface area (Å²) in [6.45, 7) is 3.34. The van der Waals surface area contributed by atoms with Gasteiger partial charge in [0.05, 0.1) is 17.1 Å². The number of alkyl halides is 3. The van der Waals surface area contributed by atoms with Crippen LogP contribution in [0.1, 0.15) is 18.3 Å². The first-order chi connectivity index (χ1) is 8.65. The summed E-state index contributed by atoms with van der Waals surface area (Å²) in [6.07, 6.45) is -4.40. The number of nitrogens with two attached hydrogens (primary N) is 1. The minimum atomic E-state index is -4.40. The van der Waals surface area contributed by atoms with Crippen molar-refractivity contribution in [2.24, 2.45) is 0 Å². The topological polar surface area (TPSA) is 64.2 Å². The fraction of sp³-hybridized carbons (Fsp3) is 0.636. The van der Waals surface area contributed by atoms with Gasteiger partial charge < -0.3 is 10.6 Å². The Kier molecular flexibility index (Phi) is 4.43. The second kappa shape index (κ2) is 5.50. The van der Waals surface area contributed by atoms with E-state index in [1.807, 2.05) is 0 Å². The monoisotopic (exact) mass is 278 g/mol. The molecule has 8 heteroatoms. The number of anilines is 1. The summed E-state index contributed by atoms with van der Waals surface area (Å²) in [5, 5.41) is 4.03. The number of carbonyl (C=O) groups is 1. The van der Waals surface area contributed by atoms with E-state index in [9.17, 15) is 18.0 Å². The summed E-state index contributed by atoms with van der Waals surface area (Å²) in [6, 6.07) is 0. The maximum atomic E-state index is 12.3. The summed E-state index contributed by atoms with van der Waals surface area (Å²) in [7, 11) is 0. The van der Waals surface area contributed by atoms with E-state index in [1.165, 1.54) is 11.6 Å². The molecule has 0 unspecified atom stereocenters. The molecule has 19 heavy (non-hydrogen) atoms. The lowest BCUT2D eigenvalue weighted by Gasteiger charge is -2.22. The van der Waals surface area contributed by atoms with Crippen LogP contribution in [0.15, 0.2) is 0 Å². The fourth-order valence-corrected chi connectivity index (χ4v) is 1.69. The highest BCUT2D eigenvalue weighted by Gasteiger charge is 2.32. The predicted octanol–water partition coefficient (Wildman–Crippen LogP) is 1.49. The van der Waals surface area contributed by atoms with Crippen LogP contribution in [0.5, 0.6) is 0 Å². The molecule has 0 aromatic carbocycles. The van der Waals surface area contributed by atoms with Crippen LogP contribution < -0.4 is 5.73 Å². The molecule has 1 amide bonds. The Hall–Kier alpha value is -1.73. The lowest BCUT2D eigenvalue weighted by Crippen LogP contribution is -2.40. The minimum Gasteiger partial charge on any atom is -0.396 e. The zero-order chi connectivity index (χ0) is 14.8. The summed E-state index contributed by atoms with van der Waals surface area (Å²) in [5.74, 6) is -0.634. The summed E-state index contributed by atoms with van der Waals surface area (Å²) in [4.78, 5) is 12.6. The van der Waals surface area contributed by atoms with Gasteiger partial charge in [0.25, 0.3) is 0 Å². The molecule has 2 N–H and O–H groups in total. The minimum absolute atomic E-state index is 0.00682. The molecule has 0 bridgehead atoms. The van der Waals surface area contributed by atoms with Crippen molar-refractivity contribution >= 4 is 11.6 Å². The molecule has 0 atom stereocenters. The highest BCUT2D eigenvalue weighted by atomic mass is 19.4. The number of hydrogen-bond acceptors (Lipinski definition) is 3. The van der Waals surface area contributed by atoms with Crippen LogP contribution in [0.25, 0.3) is 0 Å². The standard InChI is InChI=1S/C11H17F3N4O/c1-4-17(6-11(12,13)14)9(19)5-18-8(3)10(15)7(2)16-18/h4-6,15H2,1-3H3. The van der Waals surface area contributed by atoms with E-state index >= 15 is 0 Å². The van der Waals surface area contributed by atoms with Crippen molar-refractivity contribution in [2.45, 2.75) is 33.5 Å². The zero-order valence-corrected chi connectivity index (χ0v) is 11.1. The van der Waals surface area contributed by atoms with Gasteiger partial charge in [0.2, 0.25) is 5.91 Å². The van der Waals surface area contributed by atoms with E-state index in [-0.39, 0.29) is 13.1 Å². The van der Waals surface area contributed by atoms with Gasteiger partial charge in [-0.15, -0.1) is 0 Å². The Labute approximate surface area is 109 Å². The van der Waals surface area contributed by atoms with Gasteiger partial charge in [-0.1, -0.05) is 0 Å². The molecule has 0 saturated heterocycles. The van der Waals surface area contributed by atoms with E-state index in [0.717, 1.165) is 4.90 Å². The van der Waals surface area contributed by atoms with Crippen molar-refractivity contribution in [3.05, 3.63) is 11.4 Å². The molecule has 1 aromatic heterocycles. The van der Waals surface area contributed by atoms with E-state index < -0.39 is 18.6 Å². The quantitative estimate of drug-likeness (QED) is 0.907. The molecule has 0 aliphatic carbocycles. The van der Waals surface area contributed by atoms with Crippen LogP contribution in [0.3, 0.4) is 0 Å². The predicted molar refractivity (Wildman–Crippen MR) is 64.4 cm³/mol. The van der Waals surface area contributed by atoms with Crippen LogP contribution in [0.2, 0.25) is 0 Å². The van der Waals surface area contributed by atoms with Crippen LogP contribution in [-0.2, 0) is 11.3 Å². The third kappa shape index (κ3) is 3.87. The van der Waals surface area contributed by atoms with E-state index in [4.69, 9.17) is 5.73 Å². The number of aromatic nitrogens is 2. The molecule has 0 fully saturated rings. The normalized spacial score (nSPS) is 11.7. The maximum Gasteiger partial charge on any atom is 0.406 e. The van der Waals surface area contributed by atoms with Gasteiger partial charge >= 0.3 is 6.18 Å². The van der Waals surface area contributed by atoms with Crippen LogP contribution >= 0.6 is 0 Å². The fourth-order valence-electron chi connectivity index (χ4n) is 1.69. The average molecular weight is 278 g/mol. The van der Waals surface area contributed by atoms with E-state index in [2.05, 4.69) is 5.10 Å². The van der Waals surface area contributed by atoms with Crippen molar-refractivity contribution in [1.29, 1.82) is 0 Å². The first kappa shape index (κ1) is 15.3. The molecule has 0 aliphatic heterocycles. The second-order valence-corrected chi connectivity index (χ2v) is 4.27. The van der Waals surface area contributed by atoms with Gasteiger partial charge in [-0.2, -0.15) is 18.3 Å². The Morgan fingerprint density at radius 3 is 2.37 bits per heavy atom. The lowest BCUT2D eigenvalue weighted by molar-refractivity contribution is -0.161. The Morgan fingerprint density at radius 2 is 2.00 bits per heavy atom. The van der Waals surface area contributed by atoms with Gasteiger partial charge in [0, 0.05) is 6.54 Å². The number of likely N-dealkylation sites (N-methyl/N-ethyl adjacent to an activating group) is 1. The number of halogens is 3. The third-order valence-electron chi connectivity index (χ3n) is 2.83. The molecule has 0 aliphatic rings. The second-order valence-electron chi connectivity index (χ2n) is 4.27. The molecule has 5 nitrogen and oxygen atoms in total. The first-order valence-electron chi connectivity index (χ1n) is 5.79. The highest BCUT2D eigenvalue weighted by Crippen LogP contribution is 2.18.